The van der Waals surface area contributed by atoms with Gasteiger partial charge in [-0.05, 0) is 9.43 Å². The van der Waals surface area contributed by atoms with Crippen LogP contribution in [0.15, 0.2) is 33.7 Å². The van der Waals surface area contributed by atoms with Crippen LogP contribution in [0, 0.1) is 5.92 Å². The Bertz CT molecular complexity index is 291. The van der Waals surface area contributed by atoms with Crippen LogP contribution in [0.25, 0.3) is 0 Å². The maximum absolute atomic E-state index is 2.45. The summed E-state index contributed by atoms with van der Waals surface area (Å²) in [4.78, 5) is 1.53. The van der Waals surface area contributed by atoms with Crippen LogP contribution in [0.5, 0.6) is 0 Å². The molecule has 0 N–H and O–H groups in total. The van der Waals surface area contributed by atoms with Crippen molar-refractivity contribution in [3.8, 4) is 0 Å². The zero-order chi connectivity index (χ0) is 8.77. The van der Waals surface area contributed by atoms with Gasteiger partial charge in [0.25, 0.3) is 0 Å². The summed E-state index contributed by atoms with van der Waals surface area (Å²) in [5, 5.41) is 0. The zero-order valence-corrected chi connectivity index (χ0v) is 9.61. The van der Waals surface area contributed by atoms with E-state index in [-0.39, 0.29) is 0 Å². The van der Waals surface area contributed by atoms with Crippen molar-refractivity contribution < 1.29 is 0 Å². The molecule has 0 aromatic carbocycles. The van der Waals surface area contributed by atoms with Gasteiger partial charge in [0.2, 0.25) is 0 Å². The van der Waals surface area contributed by atoms with E-state index in [1.807, 2.05) is 11.8 Å². The first kappa shape index (κ1) is 8.39. The maximum atomic E-state index is 2.45. The lowest BCUT2D eigenvalue weighted by molar-refractivity contribution is 1.09. The predicted molar refractivity (Wildman–Crippen MR) is 59.7 cm³/mol. The van der Waals surface area contributed by atoms with Crippen LogP contribution in [0.3, 0.4) is 0 Å². The molecule has 2 rings (SSSR count). The van der Waals surface area contributed by atoms with Crippen LogP contribution in [0.4, 0.5) is 0 Å². The molecule has 1 aliphatic carbocycles. The lowest BCUT2D eigenvalue weighted by atomic mass is 10.2. The van der Waals surface area contributed by atoms with Crippen molar-refractivity contribution in [2.75, 3.05) is 0 Å². The molecule has 0 radical (unpaired) electrons. The molecule has 1 atom stereocenters. The molecule has 64 valence electrons. The fraction of sp³-hybridized carbons (Fsp3) is 0.400. The predicted octanol–water partition coefficient (Wildman–Crippen LogP) is 3.56. The molecular weight excluding hydrogens is 180 g/mol. The molecule has 1 heterocycles. The molecule has 0 saturated heterocycles. The van der Waals surface area contributed by atoms with Gasteiger partial charge >= 0.3 is 0 Å². The average molecular weight is 194 g/mol. The van der Waals surface area contributed by atoms with E-state index in [1.165, 1.54) is 4.91 Å². The van der Waals surface area contributed by atoms with E-state index < -0.39 is 8.07 Å². The molecule has 2 aliphatic rings. The molecular formula is C10H14SSi. The van der Waals surface area contributed by atoms with Crippen molar-refractivity contribution in [1.29, 1.82) is 0 Å². The third-order valence-corrected chi connectivity index (χ3v) is 6.99. The highest BCUT2D eigenvalue weighted by Gasteiger charge is 2.29. The largest absolute Gasteiger partial charge is 0.103 e. The van der Waals surface area contributed by atoms with Gasteiger partial charge in [0.15, 0.2) is 0 Å². The Kier molecular flexibility index (Phi) is 1.84. The Hall–Kier alpha value is -0.213. The number of rotatable bonds is 1. The highest BCUT2D eigenvalue weighted by atomic mass is 32.2. The van der Waals surface area contributed by atoms with Gasteiger partial charge in [-0.3, -0.25) is 0 Å². The van der Waals surface area contributed by atoms with Crippen LogP contribution < -0.4 is 0 Å². The molecule has 0 aromatic heterocycles. The molecule has 1 aliphatic heterocycles. The fourth-order valence-corrected chi connectivity index (χ4v) is 4.60. The Labute approximate surface area is 79.4 Å². The lowest BCUT2D eigenvalue weighted by Crippen LogP contribution is -2.20. The molecule has 0 fully saturated rings. The van der Waals surface area contributed by atoms with Crippen LogP contribution >= 0.6 is 11.8 Å². The van der Waals surface area contributed by atoms with Gasteiger partial charge in [0.05, 0.1) is 8.07 Å². The molecule has 0 amide bonds. The third-order valence-electron chi connectivity index (χ3n) is 2.21. The normalized spacial score (nSPS) is 27.1. The van der Waals surface area contributed by atoms with Crippen molar-refractivity contribution in [2.45, 2.75) is 19.6 Å². The maximum Gasteiger partial charge on any atom is 0.0858 e. The highest BCUT2D eigenvalue weighted by molar-refractivity contribution is 8.09. The SMILES string of the molecule is C[Si](C)(C)C1=CC2C=CC=C2S1. The van der Waals surface area contributed by atoms with E-state index in [9.17, 15) is 0 Å². The first-order chi connectivity index (χ1) is 5.57. The van der Waals surface area contributed by atoms with Crippen molar-refractivity contribution in [3.05, 3.63) is 33.7 Å². The Morgan fingerprint density at radius 2 is 2.08 bits per heavy atom. The third kappa shape index (κ3) is 1.34. The average Bonchev–Trinajstić information content (AvgIpc) is 2.37. The smallest absolute Gasteiger partial charge is 0.0858 e. The van der Waals surface area contributed by atoms with E-state index in [2.05, 4.69) is 43.9 Å². The first-order valence-electron chi connectivity index (χ1n) is 4.36. The number of fused-ring (bicyclic) bond motifs is 1. The molecule has 0 nitrogen and oxygen atoms in total. The summed E-state index contributed by atoms with van der Waals surface area (Å²) in [5.74, 6) is 0.636. The minimum absolute atomic E-state index is 0.636. The second-order valence-corrected chi connectivity index (χ2v) is 10.9. The monoisotopic (exact) mass is 194 g/mol. The summed E-state index contributed by atoms with van der Waals surface area (Å²) in [5.41, 5.74) is 0. The number of hydrogen-bond acceptors (Lipinski definition) is 1. The molecule has 2 heteroatoms. The molecule has 0 aromatic rings. The second-order valence-electron chi connectivity index (χ2n) is 4.36. The quantitative estimate of drug-likeness (QED) is 0.575. The Balaban J connectivity index is 2.25. The summed E-state index contributed by atoms with van der Waals surface area (Å²) < 4.78 is 1.66. The van der Waals surface area contributed by atoms with Gasteiger partial charge in [-0.25, -0.2) is 0 Å². The van der Waals surface area contributed by atoms with E-state index in [0.29, 0.717) is 5.92 Å². The topological polar surface area (TPSA) is 0 Å². The van der Waals surface area contributed by atoms with E-state index in [4.69, 9.17) is 0 Å². The number of allylic oxidation sites excluding steroid dienone is 5. The second kappa shape index (κ2) is 2.64. The van der Waals surface area contributed by atoms with Gasteiger partial charge in [0.1, 0.15) is 0 Å². The van der Waals surface area contributed by atoms with Crippen LogP contribution in [0.1, 0.15) is 0 Å². The molecule has 0 spiro atoms. The highest BCUT2D eigenvalue weighted by Crippen LogP contribution is 2.46. The summed E-state index contributed by atoms with van der Waals surface area (Å²) in [7, 11) is -1.04. The van der Waals surface area contributed by atoms with Crippen LogP contribution in [-0.4, -0.2) is 8.07 Å². The van der Waals surface area contributed by atoms with Crippen molar-refractivity contribution >= 4 is 19.8 Å². The van der Waals surface area contributed by atoms with Gasteiger partial charge in [-0.1, -0.05) is 43.9 Å². The standard InChI is InChI=1S/C10H14SSi/c1-12(2,3)10-7-8-5-4-6-9(8)11-10/h4-8H,1-3H3. The number of thioether (sulfide) groups is 1. The number of hydrogen-bond donors (Lipinski definition) is 0. The van der Waals surface area contributed by atoms with Crippen LogP contribution in [0.2, 0.25) is 19.6 Å². The van der Waals surface area contributed by atoms with Crippen molar-refractivity contribution in [2.24, 2.45) is 5.92 Å². The first-order valence-corrected chi connectivity index (χ1v) is 8.67. The minimum Gasteiger partial charge on any atom is -0.103 e. The summed E-state index contributed by atoms with van der Waals surface area (Å²) >= 11 is 2.01. The lowest BCUT2D eigenvalue weighted by Gasteiger charge is -2.16. The molecule has 0 bridgehead atoms. The molecule has 1 unspecified atom stereocenters. The zero-order valence-electron chi connectivity index (χ0n) is 7.79. The Morgan fingerprint density at radius 1 is 1.33 bits per heavy atom. The van der Waals surface area contributed by atoms with E-state index in [0.717, 1.165) is 0 Å². The van der Waals surface area contributed by atoms with Gasteiger partial charge < -0.3 is 0 Å². The Morgan fingerprint density at radius 3 is 2.67 bits per heavy atom. The minimum atomic E-state index is -1.04. The van der Waals surface area contributed by atoms with Crippen LogP contribution in [-0.2, 0) is 0 Å². The fourth-order valence-electron chi connectivity index (χ4n) is 1.44. The molecule has 12 heavy (non-hydrogen) atoms. The van der Waals surface area contributed by atoms with E-state index >= 15 is 0 Å². The summed E-state index contributed by atoms with van der Waals surface area (Å²) in [6, 6.07) is 0. The summed E-state index contributed by atoms with van der Waals surface area (Å²) in [6.45, 7) is 7.24. The van der Waals surface area contributed by atoms with Crippen molar-refractivity contribution in [1.82, 2.24) is 0 Å². The summed E-state index contributed by atoms with van der Waals surface area (Å²) in [6.07, 6.45) is 9.16. The van der Waals surface area contributed by atoms with E-state index in [1.54, 1.807) is 4.53 Å². The van der Waals surface area contributed by atoms with Gasteiger partial charge in [0, 0.05) is 5.92 Å². The van der Waals surface area contributed by atoms with Gasteiger partial charge in [-0.15, -0.1) is 11.8 Å². The molecule has 0 saturated carbocycles. The van der Waals surface area contributed by atoms with Crippen molar-refractivity contribution in [3.63, 3.8) is 0 Å². The van der Waals surface area contributed by atoms with Gasteiger partial charge in [-0.2, -0.15) is 0 Å².